The van der Waals surface area contributed by atoms with Gasteiger partial charge in [0.25, 0.3) is 0 Å². The van der Waals surface area contributed by atoms with Gasteiger partial charge in [-0.2, -0.15) is 0 Å². The molecule has 1 amide bonds. The molecule has 5 nitrogen and oxygen atoms in total. The fourth-order valence-corrected chi connectivity index (χ4v) is 4.11. The minimum Gasteiger partial charge on any atom is -0.387 e. The van der Waals surface area contributed by atoms with E-state index in [1.807, 2.05) is 35.4 Å². The average Bonchev–Trinajstić information content (AvgIpc) is 3.29. The van der Waals surface area contributed by atoms with Crippen molar-refractivity contribution in [3.8, 4) is 0 Å². The number of aliphatic hydroxyl groups is 1. The zero-order chi connectivity index (χ0) is 16.6. The summed E-state index contributed by atoms with van der Waals surface area (Å²) in [7, 11) is 0. The van der Waals surface area contributed by atoms with E-state index in [4.69, 9.17) is 0 Å². The smallest absolute Gasteiger partial charge is 0.227 e. The van der Waals surface area contributed by atoms with E-state index in [2.05, 4.69) is 9.88 Å². The summed E-state index contributed by atoms with van der Waals surface area (Å²) >= 11 is 0. The summed E-state index contributed by atoms with van der Waals surface area (Å²) in [4.78, 5) is 20.0. The number of β-amino-alcohol motifs (C(OH)–C–C–N with tert-alkyl or cyclic N) is 1. The van der Waals surface area contributed by atoms with Gasteiger partial charge in [0.1, 0.15) is 0 Å². The number of carbonyl (C=O) groups is 1. The van der Waals surface area contributed by atoms with Crippen LogP contribution >= 0.6 is 0 Å². The van der Waals surface area contributed by atoms with Crippen LogP contribution < -0.4 is 0 Å². The molecule has 0 bridgehead atoms. The minimum atomic E-state index is -0.736. The highest BCUT2D eigenvalue weighted by atomic mass is 16.3. The number of amides is 1. The third-order valence-electron chi connectivity index (χ3n) is 5.42. The van der Waals surface area contributed by atoms with Crippen LogP contribution in [0.25, 0.3) is 10.9 Å². The highest BCUT2D eigenvalue weighted by Crippen LogP contribution is 2.26. The van der Waals surface area contributed by atoms with Crippen LogP contribution in [0.1, 0.15) is 24.8 Å². The van der Waals surface area contributed by atoms with Gasteiger partial charge in [0.2, 0.25) is 5.91 Å². The van der Waals surface area contributed by atoms with Crippen molar-refractivity contribution in [1.29, 1.82) is 0 Å². The van der Waals surface area contributed by atoms with E-state index in [1.165, 1.54) is 12.8 Å². The Labute approximate surface area is 142 Å². The van der Waals surface area contributed by atoms with Crippen molar-refractivity contribution in [2.75, 3.05) is 32.7 Å². The second-order valence-corrected chi connectivity index (χ2v) is 7.31. The first-order chi connectivity index (χ1) is 11.6. The van der Waals surface area contributed by atoms with E-state index in [0.29, 0.717) is 32.5 Å². The second kappa shape index (κ2) is 6.22. The molecule has 2 saturated heterocycles. The summed E-state index contributed by atoms with van der Waals surface area (Å²) in [5, 5.41) is 11.9. The number of aromatic amines is 1. The van der Waals surface area contributed by atoms with E-state index < -0.39 is 5.60 Å². The molecule has 24 heavy (non-hydrogen) atoms. The Morgan fingerprint density at radius 3 is 2.83 bits per heavy atom. The summed E-state index contributed by atoms with van der Waals surface area (Å²) < 4.78 is 0. The van der Waals surface area contributed by atoms with Crippen molar-refractivity contribution in [1.82, 2.24) is 14.8 Å². The lowest BCUT2D eigenvalue weighted by molar-refractivity contribution is -0.130. The number of H-pyrrole nitrogens is 1. The number of hydrogen-bond acceptors (Lipinski definition) is 3. The first-order valence-corrected chi connectivity index (χ1v) is 8.90. The van der Waals surface area contributed by atoms with E-state index >= 15 is 0 Å². The van der Waals surface area contributed by atoms with Crippen LogP contribution in [-0.2, 0) is 11.2 Å². The van der Waals surface area contributed by atoms with Crippen LogP contribution in [0.2, 0.25) is 0 Å². The molecule has 2 aliphatic rings. The molecule has 2 N–H and O–H groups in total. The number of para-hydroxylation sites is 1. The predicted octanol–water partition coefficient (Wildman–Crippen LogP) is 1.77. The van der Waals surface area contributed by atoms with Gasteiger partial charge in [0.05, 0.1) is 18.6 Å². The molecule has 3 heterocycles. The zero-order valence-electron chi connectivity index (χ0n) is 14.0. The largest absolute Gasteiger partial charge is 0.387 e. The summed E-state index contributed by atoms with van der Waals surface area (Å²) in [5.74, 6) is 0.108. The number of nitrogens with one attached hydrogen (secondary N) is 1. The standard InChI is InChI=1S/C19H25N3O2/c23-18(11-15-12-20-17-6-2-1-5-16(15)17)22-10-7-19(24,14-22)13-21-8-3-4-9-21/h1-2,5-6,12,20,24H,3-4,7-11,13-14H2/t19-/m0/s1. The molecule has 0 spiro atoms. The highest BCUT2D eigenvalue weighted by molar-refractivity contribution is 5.89. The molecule has 1 atom stereocenters. The normalized spacial score (nSPS) is 25.0. The molecule has 2 aliphatic heterocycles. The van der Waals surface area contributed by atoms with Crippen LogP contribution in [0, 0.1) is 0 Å². The number of fused-ring (bicyclic) bond motifs is 1. The van der Waals surface area contributed by atoms with Crippen LogP contribution in [0.5, 0.6) is 0 Å². The van der Waals surface area contributed by atoms with Crippen molar-refractivity contribution >= 4 is 16.8 Å². The van der Waals surface area contributed by atoms with Crippen molar-refractivity contribution in [2.24, 2.45) is 0 Å². The van der Waals surface area contributed by atoms with Gasteiger partial charge in [0, 0.05) is 30.2 Å². The lowest BCUT2D eigenvalue weighted by Crippen LogP contribution is -2.45. The summed E-state index contributed by atoms with van der Waals surface area (Å²) in [6.07, 6.45) is 5.45. The third kappa shape index (κ3) is 3.06. The van der Waals surface area contributed by atoms with E-state index in [1.54, 1.807) is 0 Å². The molecule has 1 aromatic carbocycles. The van der Waals surface area contributed by atoms with Gasteiger partial charge in [-0.25, -0.2) is 0 Å². The number of likely N-dealkylation sites (tertiary alicyclic amines) is 2. The maximum Gasteiger partial charge on any atom is 0.227 e. The number of nitrogens with zero attached hydrogens (tertiary/aromatic N) is 2. The van der Waals surface area contributed by atoms with Gasteiger partial charge < -0.3 is 19.9 Å². The fourth-order valence-electron chi connectivity index (χ4n) is 4.11. The zero-order valence-corrected chi connectivity index (χ0v) is 14.0. The Morgan fingerprint density at radius 1 is 1.21 bits per heavy atom. The highest BCUT2D eigenvalue weighted by Gasteiger charge is 2.39. The van der Waals surface area contributed by atoms with Gasteiger partial charge in [0.15, 0.2) is 0 Å². The molecule has 0 unspecified atom stereocenters. The van der Waals surface area contributed by atoms with E-state index in [0.717, 1.165) is 29.6 Å². The molecule has 4 rings (SSSR count). The maximum absolute atomic E-state index is 12.7. The van der Waals surface area contributed by atoms with Gasteiger partial charge >= 0.3 is 0 Å². The molecular formula is C19H25N3O2. The number of rotatable bonds is 4. The Kier molecular flexibility index (Phi) is 4.06. The van der Waals surface area contributed by atoms with Gasteiger partial charge in [-0.05, 0) is 44.0 Å². The van der Waals surface area contributed by atoms with Crippen LogP contribution in [0.4, 0.5) is 0 Å². The number of benzene rings is 1. The molecule has 2 aromatic rings. The minimum absolute atomic E-state index is 0.108. The molecule has 0 aliphatic carbocycles. The monoisotopic (exact) mass is 327 g/mol. The quantitative estimate of drug-likeness (QED) is 0.900. The van der Waals surface area contributed by atoms with E-state index in [9.17, 15) is 9.90 Å². The molecule has 2 fully saturated rings. The topological polar surface area (TPSA) is 59.6 Å². The Bertz CT molecular complexity index is 735. The van der Waals surface area contributed by atoms with Crippen molar-refractivity contribution in [2.45, 2.75) is 31.3 Å². The molecular weight excluding hydrogens is 302 g/mol. The third-order valence-corrected chi connectivity index (χ3v) is 5.42. The molecule has 1 aromatic heterocycles. The van der Waals surface area contributed by atoms with E-state index in [-0.39, 0.29) is 5.91 Å². The number of aromatic nitrogens is 1. The van der Waals surface area contributed by atoms with Crippen molar-refractivity contribution < 1.29 is 9.90 Å². The average molecular weight is 327 g/mol. The first-order valence-electron chi connectivity index (χ1n) is 8.90. The van der Waals surface area contributed by atoms with Gasteiger partial charge in [-0.15, -0.1) is 0 Å². The summed E-state index contributed by atoms with van der Waals surface area (Å²) in [6, 6.07) is 8.05. The molecule has 0 radical (unpaired) electrons. The lowest BCUT2D eigenvalue weighted by Gasteiger charge is -2.28. The van der Waals surface area contributed by atoms with Crippen LogP contribution in [0.15, 0.2) is 30.5 Å². The second-order valence-electron chi connectivity index (χ2n) is 7.31. The number of carbonyl (C=O) groups excluding carboxylic acids is 1. The molecule has 128 valence electrons. The lowest BCUT2D eigenvalue weighted by atomic mass is 10.0. The SMILES string of the molecule is O=C(Cc1c[nH]c2ccccc12)N1CC[C@](O)(CN2CCCC2)C1. The Balaban J connectivity index is 1.40. The van der Waals surface area contributed by atoms with Gasteiger partial charge in [-0.1, -0.05) is 18.2 Å². The first kappa shape index (κ1) is 15.7. The maximum atomic E-state index is 12.7. The Hall–Kier alpha value is -1.85. The fraction of sp³-hybridized carbons (Fsp3) is 0.526. The number of hydrogen-bond donors (Lipinski definition) is 2. The van der Waals surface area contributed by atoms with Crippen molar-refractivity contribution in [3.05, 3.63) is 36.0 Å². The van der Waals surface area contributed by atoms with Crippen LogP contribution in [0.3, 0.4) is 0 Å². The van der Waals surface area contributed by atoms with Crippen molar-refractivity contribution in [3.63, 3.8) is 0 Å². The van der Waals surface area contributed by atoms with Gasteiger partial charge in [-0.3, -0.25) is 4.79 Å². The Morgan fingerprint density at radius 2 is 2.00 bits per heavy atom. The summed E-state index contributed by atoms with van der Waals surface area (Å²) in [6.45, 7) is 3.97. The molecule has 0 saturated carbocycles. The predicted molar refractivity (Wildman–Crippen MR) is 93.8 cm³/mol. The summed E-state index contributed by atoms with van der Waals surface area (Å²) in [5.41, 5.74) is 1.36. The van der Waals surface area contributed by atoms with Crippen LogP contribution in [-0.4, -0.2) is 64.1 Å². The molecule has 5 heteroatoms.